The lowest BCUT2D eigenvalue weighted by atomic mass is 10.00. The Morgan fingerprint density at radius 2 is 2.00 bits per heavy atom. The van der Waals surface area contributed by atoms with E-state index >= 15 is 0 Å². The highest BCUT2D eigenvalue weighted by atomic mass is 19.1. The maximum atomic E-state index is 12.8. The van der Waals surface area contributed by atoms with Crippen molar-refractivity contribution in [3.05, 3.63) is 30.1 Å². The molecule has 1 fully saturated rings. The van der Waals surface area contributed by atoms with Crippen LogP contribution in [0.4, 0.5) is 10.1 Å². The minimum absolute atomic E-state index is 0.283. The molecule has 5 nitrogen and oxygen atoms in total. The second-order valence-corrected chi connectivity index (χ2v) is 5.26. The van der Waals surface area contributed by atoms with Crippen LogP contribution in [0.5, 0.6) is 0 Å². The second kappa shape index (κ2) is 6.67. The smallest absolute Gasteiger partial charge is 0.320 e. The number of carbonyl (C=O) groups excluding carboxylic acids is 1. The average molecular weight is 294 g/mol. The largest absolute Gasteiger partial charge is 0.480 e. The Kier molecular flexibility index (Phi) is 4.90. The third-order valence-electron chi connectivity index (χ3n) is 3.82. The van der Waals surface area contributed by atoms with Gasteiger partial charge in [-0.15, -0.1) is 0 Å². The number of anilines is 1. The molecular weight excluding hydrogens is 275 g/mol. The minimum Gasteiger partial charge on any atom is -0.480 e. The van der Waals surface area contributed by atoms with Crippen LogP contribution in [0.2, 0.25) is 0 Å². The molecule has 6 heteroatoms. The van der Waals surface area contributed by atoms with Crippen molar-refractivity contribution in [3.8, 4) is 0 Å². The summed E-state index contributed by atoms with van der Waals surface area (Å²) in [5.41, 5.74) is 0.497. The van der Waals surface area contributed by atoms with Crippen molar-refractivity contribution in [1.82, 2.24) is 4.90 Å². The number of rotatable bonds is 4. The lowest BCUT2D eigenvalue weighted by molar-refractivity contribution is -0.146. The quantitative estimate of drug-likeness (QED) is 0.892. The van der Waals surface area contributed by atoms with E-state index in [0.717, 1.165) is 12.8 Å². The number of carbonyl (C=O) groups is 2. The number of likely N-dealkylation sites (tertiary alicyclic amines) is 1. The summed E-state index contributed by atoms with van der Waals surface area (Å²) in [4.78, 5) is 25.2. The zero-order valence-electron chi connectivity index (χ0n) is 11.9. The van der Waals surface area contributed by atoms with Crippen LogP contribution in [-0.2, 0) is 9.59 Å². The third-order valence-corrected chi connectivity index (χ3v) is 3.82. The maximum Gasteiger partial charge on any atom is 0.320 e. The third kappa shape index (κ3) is 3.78. The monoisotopic (exact) mass is 294 g/mol. The molecule has 2 N–H and O–H groups in total. The predicted octanol–water partition coefficient (Wildman–Crippen LogP) is 2.09. The summed E-state index contributed by atoms with van der Waals surface area (Å²) in [5, 5.41) is 11.9. The number of benzene rings is 1. The van der Waals surface area contributed by atoms with E-state index in [1.54, 1.807) is 11.8 Å². The molecule has 1 aromatic rings. The van der Waals surface area contributed by atoms with Crippen molar-refractivity contribution < 1.29 is 19.1 Å². The molecule has 21 heavy (non-hydrogen) atoms. The fraction of sp³-hybridized carbons (Fsp3) is 0.467. The molecule has 1 amide bonds. The van der Waals surface area contributed by atoms with Gasteiger partial charge in [0, 0.05) is 5.69 Å². The summed E-state index contributed by atoms with van der Waals surface area (Å²) < 4.78 is 12.8. The topological polar surface area (TPSA) is 69.6 Å². The highest BCUT2D eigenvalue weighted by Gasteiger charge is 2.34. The summed E-state index contributed by atoms with van der Waals surface area (Å²) in [6.07, 6.45) is 2.31. The first-order valence-electron chi connectivity index (χ1n) is 7.04. The lowest BCUT2D eigenvalue weighted by Crippen LogP contribution is -2.53. The van der Waals surface area contributed by atoms with Crippen LogP contribution in [0, 0.1) is 5.82 Å². The SMILES string of the molecule is CC(C(=O)Nc1ccc(F)cc1)N1CCCCC1C(=O)O. The van der Waals surface area contributed by atoms with Crippen LogP contribution in [0.15, 0.2) is 24.3 Å². The normalized spacial score (nSPS) is 20.8. The number of carboxylic acid groups (broad SMARTS) is 1. The molecule has 1 aliphatic rings. The Morgan fingerprint density at radius 3 is 2.62 bits per heavy atom. The van der Waals surface area contributed by atoms with Crippen molar-refractivity contribution in [3.63, 3.8) is 0 Å². The van der Waals surface area contributed by atoms with E-state index in [0.29, 0.717) is 18.7 Å². The van der Waals surface area contributed by atoms with E-state index in [1.807, 2.05) is 0 Å². The predicted molar refractivity (Wildman–Crippen MR) is 76.5 cm³/mol. The number of nitrogens with one attached hydrogen (secondary N) is 1. The van der Waals surface area contributed by atoms with E-state index in [-0.39, 0.29) is 11.7 Å². The highest BCUT2D eigenvalue weighted by Crippen LogP contribution is 2.21. The number of carboxylic acids is 1. The number of hydrogen-bond donors (Lipinski definition) is 2. The molecule has 1 heterocycles. The number of aliphatic carboxylic acids is 1. The molecule has 1 saturated heterocycles. The number of hydrogen-bond acceptors (Lipinski definition) is 3. The van der Waals surface area contributed by atoms with Crippen molar-refractivity contribution >= 4 is 17.6 Å². The van der Waals surface area contributed by atoms with Gasteiger partial charge < -0.3 is 10.4 Å². The molecule has 0 aromatic heterocycles. The van der Waals surface area contributed by atoms with Crippen LogP contribution in [0.25, 0.3) is 0 Å². The first-order chi connectivity index (χ1) is 9.99. The van der Waals surface area contributed by atoms with E-state index in [1.165, 1.54) is 24.3 Å². The standard InChI is InChI=1S/C15H19FN2O3/c1-10(18-9-3-2-4-13(18)15(20)21)14(19)17-12-7-5-11(16)6-8-12/h5-8,10,13H,2-4,9H2,1H3,(H,17,19)(H,20,21). The molecule has 2 unspecified atom stereocenters. The van der Waals surface area contributed by atoms with E-state index in [4.69, 9.17) is 0 Å². The Hall–Kier alpha value is -1.95. The van der Waals surface area contributed by atoms with Gasteiger partial charge in [0.05, 0.1) is 6.04 Å². The van der Waals surface area contributed by atoms with Crippen LogP contribution in [0.1, 0.15) is 26.2 Å². The molecule has 114 valence electrons. The number of piperidine rings is 1. The van der Waals surface area contributed by atoms with Gasteiger partial charge in [-0.25, -0.2) is 4.39 Å². The molecular formula is C15H19FN2O3. The Labute approximate surface area is 122 Å². The van der Waals surface area contributed by atoms with Gasteiger partial charge in [0.15, 0.2) is 0 Å². The van der Waals surface area contributed by atoms with Gasteiger partial charge in [0.1, 0.15) is 11.9 Å². The fourth-order valence-electron chi connectivity index (χ4n) is 2.61. The minimum atomic E-state index is -0.892. The van der Waals surface area contributed by atoms with Crippen LogP contribution in [-0.4, -0.2) is 40.5 Å². The molecule has 2 atom stereocenters. The Morgan fingerprint density at radius 1 is 1.33 bits per heavy atom. The summed E-state index contributed by atoms with van der Waals surface area (Å²) in [5.74, 6) is -1.55. The molecule has 2 rings (SSSR count). The van der Waals surface area contributed by atoms with E-state index in [2.05, 4.69) is 5.32 Å². The lowest BCUT2D eigenvalue weighted by Gasteiger charge is -2.36. The molecule has 1 aromatic carbocycles. The molecule has 0 radical (unpaired) electrons. The van der Waals surface area contributed by atoms with Gasteiger partial charge in [-0.05, 0) is 50.6 Å². The molecule has 0 bridgehead atoms. The van der Waals surface area contributed by atoms with E-state index in [9.17, 15) is 19.1 Å². The highest BCUT2D eigenvalue weighted by molar-refractivity contribution is 5.94. The molecule has 0 spiro atoms. The maximum absolute atomic E-state index is 12.8. The van der Waals surface area contributed by atoms with Crippen LogP contribution >= 0.6 is 0 Å². The molecule has 0 saturated carbocycles. The number of halogens is 1. The van der Waals surface area contributed by atoms with Crippen molar-refractivity contribution in [2.75, 3.05) is 11.9 Å². The van der Waals surface area contributed by atoms with Gasteiger partial charge in [-0.3, -0.25) is 14.5 Å². The van der Waals surface area contributed by atoms with Gasteiger partial charge in [-0.2, -0.15) is 0 Å². The molecule has 0 aliphatic carbocycles. The fourth-order valence-corrected chi connectivity index (χ4v) is 2.61. The van der Waals surface area contributed by atoms with Crippen molar-refractivity contribution in [1.29, 1.82) is 0 Å². The van der Waals surface area contributed by atoms with Gasteiger partial charge in [-0.1, -0.05) is 6.42 Å². The second-order valence-electron chi connectivity index (χ2n) is 5.26. The average Bonchev–Trinajstić information content (AvgIpc) is 2.48. The number of nitrogens with zero attached hydrogens (tertiary/aromatic N) is 1. The summed E-state index contributed by atoms with van der Waals surface area (Å²) >= 11 is 0. The van der Waals surface area contributed by atoms with E-state index < -0.39 is 18.1 Å². The first-order valence-corrected chi connectivity index (χ1v) is 7.04. The van der Waals surface area contributed by atoms with Crippen molar-refractivity contribution in [2.24, 2.45) is 0 Å². The van der Waals surface area contributed by atoms with Crippen LogP contribution in [0.3, 0.4) is 0 Å². The van der Waals surface area contributed by atoms with Gasteiger partial charge >= 0.3 is 5.97 Å². The zero-order chi connectivity index (χ0) is 15.4. The molecule has 1 aliphatic heterocycles. The van der Waals surface area contributed by atoms with Gasteiger partial charge in [0.2, 0.25) is 5.91 Å². The van der Waals surface area contributed by atoms with Gasteiger partial charge in [0.25, 0.3) is 0 Å². The first kappa shape index (κ1) is 15.4. The zero-order valence-corrected chi connectivity index (χ0v) is 11.9. The Balaban J connectivity index is 2.03. The summed E-state index contributed by atoms with van der Waals surface area (Å²) in [6.45, 7) is 2.29. The van der Waals surface area contributed by atoms with Crippen molar-refractivity contribution in [2.45, 2.75) is 38.3 Å². The summed E-state index contributed by atoms with van der Waals surface area (Å²) in [6, 6.07) is 4.32. The Bertz CT molecular complexity index is 518. The van der Waals surface area contributed by atoms with Crippen LogP contribution < -0.4 is 5.32 Å². The summed E-state index contributed by atoms with van der Waals surface area (Å²) in [7, 11) is 0. The number of amides is 1.